The van der Waals surface area contributed by atoms with Gasteiger partial charge >= 0.3 is 0 Å². The van der Waals surface area contributed by atoms with E-state index in [1.54, 1.807) is 0 Å². The largest absolute Gasteiger partial charge is 0.389 e. The normalized spacial score (nSPS) is 12.7. The molecule has 0 radical (unpaired) electrons. The van der Waals surface area contributed by atoms with Crippen molar-refractivity contribution in [2.45, 2.75) is 40.3 Å². The van der Waals surface area contributed by atoms with Gasteiger partial charge in [-0.2, -0.15) is 0 Å². The summed E-state index contributed by atoms with van der Waals surface area (Å²) in [5.41, 5.74) is 2.54. The molecular weight excluding hydrogens is 429 g/mol. The molecule has 0 aromatic heterocycles. The van der Waals surface area contributed by atoms with Gasteiger partial charge in [0.1, 0.15) is 0 Å². The number of aliphatic hydroxyl groups excluding tert-OH is 1. The molecule has 5 nitrogen and oxygen atoms in total. The van der Waals surface area contributed by atoms with E-state index >= 15 is 0 Å². The lowest BCUT2D eigenvalue weighted by Gasteiger charge is -2.23. The van der Waals surface area contributed by atoms with Crippen molar-refractivity contribution >= 4 is 29.9 Å². The minimum absolute atomic E-state index is 0. The van der Waals surface area contributed by atoms with Crippen LogP contribution in [0, 0.1) is 12.8 Å². The number of nitrogens with zero attached hydrogens (tertiary/aromatic N) is 2. The standard InChI is InChI=1S/C19H33N3O2.HI/c1-6-20-19(21-11-18(23)14-24-13-15(2)3)22(5)12-17-10-8-7-9-16(17)4;/h7-10,15,18,23H,6,11-14H2,1-5H3,(H,20,21);1H. The summed E-state index contributed by atoms with van der Waals surface area (Å²) in [5.74, 6) is 1.27. The molecule has 1 rings (SSSR count). The number of benzene rings is 1. The lowest BCUT2D eigenvalue weighted by Crippen LogP contribution is -2.39. The number of aliphatic hydroxyl groups is 1. The van der Waals surface area contributed by atoms with Gasteiger partial charge in [-0.15, -0.1) is 24.0 Å². The first-order chi connectivity index (χ1) is 11.4. The molecule has 25 heavy (non-hydrogen) atoms. The Morgan fingerprint density at radius 1 is 1.28 bits per heavy atom. The Labute approximate surface area is 169 Å². The number of aryl methyl sites for hydroxylation is 1. The van der Waals surface area contributed by atoms with E-state index in [9.17, 15) is 5.11 Å². The van der Waals surface area contributed by atoms with Gasteiger partial charge in [0.25, 0.3) is 0 Å². The fourth-order valence-electron chi connectivity index (χ4n) is 2.27. The van der Waals surface area contributed by atoms with Crippen molar-refractivity contribution in [3.63, 3.8) is 0 Å². The summed E-state index contributed by atoms with van der Waals surface area (Å²) in [6.45, 7) is 11.2. The minimum Gasteiger partial charge on any atom is -0.389 e. The number of aliphatic imine (C=N–C) groups is 1. The van der Waals surface area contributed by atoms with Gasteiger partial charge in [-0.1, -0.05) is 38.1 Å². The number of ether oxygens (including phenoxy) is 1. The average molecular weight is 463 g/mol. The van der Waals surface area contributed by atoms with E-state index in [1.807, 2.05) is 20.0 Å². The number of rotatable bonds is 9. The highest BCUT2D eigenvalue weighted by molar-refractivity contribution is 14.0. The molecule has 1 unspecified atom stereocenters. The maximum atomic E-state index is 10.0. The van der Waals surface area contributed by atoms with Gasteiger partial charge in [0.15, 0.2) is 5.96 Å². The van der Waals surface area contributed by atoms with E-state index in [0.717, 1.165) is 19.0 Å². The number of nitrogens with one attached hydrogen (secondary N) is 1. The zero-order chi connectivity index (χ0) is 17.9. The van der Waals surface area contributed by atoms with E-state index < -0.39 is 6.10 Å². The van der Waals surface area contributed by atoms with E-state index in [0.29, 0.717) is 25.7 Å². The molecule has 0 fully saturated rings. The van der Waals surface area contributed by atoms with Gasteiger partial charge < -0.3 is 20.1 Å². The van der Waals surface area contributed by atoms with Gasteiger partial charge in [-0.25, -0.2) is 0 Å². The van der Waals surface area contributed by atoms with Crippen molar-refractivity contribution in [3.8, 4) is 0 Å². The van der Waals surface area contributed by atoms with Gasteiger partial charge in [0, 0.05) is 26.7 Å². The molecule has 0 spiro atoms. The predicted octanol–water partition coefficient (Wildman–Crippen LogP) is 3.04. The van der Waals surface area contributed by atoms with Crippen LogP contribution < -0.4 is 5.32 Å². The molecule has 0 aliphatic heterocycles. The summed E-state index contributed by atoms with van der Waals surface area (Å²) in [7, 11) is 2.01. The van der Waals surface area contributed by atoms with E-state index in [4.69, 9.17) is 4.74 Å². The van der Waals surface area contributed by atoms with Crippen molar-refractivity contribution in [3.05, 3.63) is 35.4 Å². The Hall–Kier alpha value is -0.860. The Kier molecular flexibility index (Phi) is 12.9. The summed E-state index contributed by atoms with van der Waals surface area (Å²) >= 11 is 0. The second kappa shape index (κ2) is 13.4. The fourth-order valence-corrected chi connectivity index (χ4v) is 2.27. The minimum atomic E-state index is -0.579. The van der Waals surface area contributed by atoms with Crippen LogP contribution in [0.3, 0.4) is 0 Å². The first kappa shape index (κ1) is 24.1. The van der Waals surface area contributed by atoms with Crippen LogP contribution >= 0.6 is 24.0 Å². The summed E-state index contributed by atoms with van der Waals surface area (Å²) < 4.78 is 5.47. The van der Waals surface area contributed by atoms with Crippen LogP contribution in [0.1, 0.15) is 31.9 Å². The Morgan fingerprint density at radius 3 is 2.56 bits per heavy atom. The van der Waals surface area contributed by atoms with Crippen LogP contribution in [0.5, 0.6) is 0 Å². The van der Waals surface area contributed by atoms with Crippen molar-refractivity contribution in [1.29, 1.82) is 0 Å². The molecule has 1 aromatic rings. The fraction of sp³-hybridized carbons (Fsp3) is 0.632. The SMILES string of the molecule is CCNC(=NCC(O)COCC(C)C)N(C)Cc1ccccc1C.I. The van der Waals surface area contributed by atoms with Gasteiger partial charge in [-0.3, -0.25) is 4.99 Å². The second-order valence-corrected chi connectivity index (χ2v) is 6.56. The summed E-state index contributed by atoms with van der Waals surface area (Å²) in [6, 6.07) is 8.34. The third kappa shape index (κ3) is 10.0. The summed E-state index contributed by atoms with van der Waals surface area (Å²) in [4.78, 5) is 6.62. The van der Waals surface area contributed by atoms with Crippen LogP contribution in [-0.2, 0) is 11.3 Å². The topological polar surface area (TPSA) is 57.1 Å². The molecule has 0 heterocycles. The monoisotopic (exact) mass is 463 g/mol. The third-order valence-electron chi connectivity index (χ3n) is 3.58. The molecule has 0 aliphatic carbocycles. The first-order valence-corrected chi connectivity index (χ1v) is 8.73. The zero-order valence-electron chi connectivity index (χ0n) is 16.2. The van der Waals surface area contributed by atoms with Crippen molar-refractivity contribution in [2.75, 3.05) is 33.4 Å². The molecule has 2 N–H and O–H groups in total. The molecule has 0 bridgehead atoms. The van der Waals surface area contributed by atoms with Crippen LogP contribution in [0.2, 0.25) is 0 Å². The number of halogens is 1. The Balaban J connectivity index is 0.00000576. The average Bonchev–Trinajstić information content (AvgIpc) is 2.53. The zero-order valence-corrected chi connectivity index (χ0v) is 18.5. The smallest absolute Gasteiger partial charge is 0.194 e. The highest BCUT2D eigenvalue weighted by Gasteiger charge is 2.10. The summed E-state index contributed by atoms with van der Waals surface area (Å²) in [5, 5.41) is 13.3. The second-order valence-electron chi connectivity index (χ2n) is 6.56. The lowest BCUT2D eigenvalue weighted by molar-refractivity contribution is 0.0300. The molecule has 1 aromatic carbocycles. The van der Waals surface area contributed by atoms with Gasteiger partial charge in [-0.05, 0) is 30.9 Å². The van der Waals surface area contributed by atoms with E-state index in [-0.39, 0.29) is 24.0 Å². The number of hydrogen-bond donors (Lipinski definition) is 2. The van der Waals surface area contributed by atoms with Gasteiger partial charge in [0.05, 0.1) is 19.3 Å². The molecule has 0 saturated heterocycles. The van der Waals surface area contributed by atoms with Crippen molar-refractivity contribution in [2.24, 2.45) is 10.9 Å². The predicted molar refractivity (Wildman–Crippen MR) is 116 cm³/mol. The van der Waals surface area contributed by atoms with Crippen molar-refractivity contribution in [1.82, 2.24) is 10.2 Å². The van der Waals surface area contributed by atoms with E-state index in [2.05, 4.69) is 54.2 Å². The van der Waals surface area contributed by atoms with Crippen LogP contribution in [0.25, 0.3) is 0 Å². The van der Waals surface area contributed by atoms with Crippen LogP contribution in [0.4, 0.5) is 0 Å². The molecule has 0 amide bonds. The Morgan fingerprint density at radius 2 is 1.96 bits per heavy atom. The third-order valence-corrected chi connectivity index (χ3v) is 3.58. The highest BCUT2D eigenvalue weighted by atomic mass is 127. The Bertz CT molecular complexity index is 509. The number of hydrogen-bond acceptors (Lipinski definition) is 3. The van der Waals surface area contributed by atoms with Crippen LogP contribution in [-0.4, -0.2) is 55.4 Å². The maximum absolute atomic E-state index is 10.0. The molecule has 6 heteroatoms. The molecule has 1 atom stereocenters. The maximum Gasteiger partial charge on any atom is 0.194 e. The number of guanidine groups is 1. The first-order valence-electron chi connectivity index (χ1n) is 8.73. The highest BCUT2D eigenvalue weighted by Crippen LogP contribution is 2.09. The lowest BCUT2D eigenvalue weighted by atomic mass is 10.1. The van der Waals surface area contributed by atoms with Crippen LogP contribution in [0.15, 0.2) is 29.3 Å². The van der Waals surface area contributed by atoms with Gasteiger partial charge in [0.2, 0.25) is 0 Å². The molecule has 0 aliphatic rings. The molecular formula is C19H34IN3O2. The molecule has 0 saturated carbocycles. The van der Waals surface area contributed by atoms with Crippen molar-refractivity contribution < 1.29 is 9.84 Å². The summed E-state index contributed by atoms with van der Waals surface area (Å²) in [6.07, 6.45) is -0.579. The quantitative estimate of drug-likeness (QED) is 0.336. The molecule has 144 valence electrons. The van der Waals surface area contributed by atoms with E-state index in [1.165, 1.54) is 11.1 Å².